The van der Waals surface area contributed by atoms with E-state index in [1.807, 2.05) is 13.8 Å². The minimum absolute atomic E-state index is 0.0775. The normalized spacial score (nSPS) is 12.6. The minimum Gasteiger partial charge on any atom is -0.344 e. The summed E-state index contributed by atoms with van der Waals surface area (Å²) < 4.78 is 3.02. The maximum absolute atomic E-state index is 11.9. The van der Waals surface area contributed by atoms with Crippen LogP contribution in [0.4, 0.5) is 0 Å². The van der Waals surface area contributed by atoms with Crippen molar-refractivity contribution in [3.8, 4) is 0 Å². The minimum atomic E-state index is -0.198. The van der Waals surface area contributed by atoms with Crippen LogP contribution in [-0.4, -0.2) is 40.9 Å². The third-order valence-corrected chi connectivity index (χ3v) is 2.70. The molecule has 0 saturated carbocycles. The highest BCUT2D eigenvalue weighted by atomic mass is 16.2. The second-order valence-electron chi connectivity index (χ2n) is 4.54. The summed E-state index contributed by atoms with van der Waals surface area (Å²) in [5, 5.41) is 17.5. The average Bonchev–Trinajstić information content (AvgIpc) is 2.97. The first kappa shape index (κ1) is 13.1. The van der Waals surface area contributed by atoms with E-state index >= 15 is 0 Å². The van der Waals surface area contributed by atoms with Gasteiger partial charge >= 0.3 is 0 Å². The van der Waals surface area contributed by atoms with Crippen molar-refractivity contribution in [3.05, 3.63) is 18.5 Å². The molecule has 1 atom stereocenters. The van der Waals surface area contributed by atoms with Crippen molar-refractivity contribution >= 4 is 5.91 Å². The second-order valence-corrected chi connectivity index (χ2v) is 4.54. The molecule has 1 N–H and O–H groups in total. The number of aromatic nitrogens is 7. The number of aryl methyl sites for hydroxylation is 1. The lowest BCUT2D eigenvalue weighted by molar-refractivity contribution is -0.123. The Bertz CT molecular complexity index is 531. The number of rotatable bonds is 5. The molecule has 0 aromatic carbocycles. The number of hydrogen-bond acceptors (Lipinski definition) is 6. The molecule has 0 aliphatic carbocycles. The van der Waals surface area contributed by atoms with Gasteiger partial charge in [-0.2, -0.15) is 5.10 Å². The first-order chi connectivity index (χ1) is 9.08. The van der Waals surface area contributed by atoms with Gasteiger partial charge in [-0.15, -0.1) is 5.10 Å². The quantitative estimate of drug-likeness (QED) is 0.767. The Hall–Kier alpha value is -2.32. The molecule has 0 bridgehead atoms. The van der Waals surface area contributed by atoms with Gasteiger partial charge in [0.25, 0.3) is 0 Å². The van der Waals surface area contributed by atoms with E-state index in [1.54, 1.807) is 11.7 Å². The van der Waals surface area contributed by atoms with Gasteiger partial charge in [-0.25, -0.2) is 9.67 Å². The van der Waals surface area contributed by atoms with Gasteiger partial charge in [-0.05, 0) is 16.3 Å². The molecule has 0 aliphatic heterocycles. The van der Waals surface area contributed by atoms with Gasteiger partial charge in [0, 0.05) is 7.05 Å². The van der Waals surface area contributed by atoms with Crippen molar-refractivity contribution in [3.63, 3.8) is 0 Å². The first-order valence-electron chi connectivity index (χ1n) is 5.92. The van der Waals surface area contributed by atoms with Crippen LogP contribution in [0.1, 0.15) is 25.7 Å². The molecule has 0 fully saturated rings. The van der Waals surface area contributed by atoms with E-state index in [2.05, 4.69) is 30.9 Å². The van der Waals surface area contributed by atoms with Crippen LogP contribution in [0.15, 0.2) is 12.7 Å². The summed E-state index contributed by atoms with van der Waals surface area (Å²) in [6.07, 6.45) is 2.87. The maximum Gasteiger partial charge on any atom is 0.242 e. The van der Waals surface area contributed by atoms with E-state index in [1.165, 1.54) is 17.3 Å². The third-order valence-electron chi connectivity index (χ3n) is 2.70. The van der Waals surface area contributed by atoms with Crippen LogP contribution >= 0.6 is 0 Å². The summed E-state index contributed by atoms with van der Waals surface area (Å²) >= 11 is 0. The molecule has 9 heteroatoms. The molecule has 102 valence electrons. The fraction of sp³-hybridized carbons (Fsp3) is 0.600. The predicted octanol–water partition coefficient (Wildman–Crippen LogP) is -0.685. The summed E-state index contributed by atoms with van der Waals surface area (Å²) in [6, 6.07) is -0.198. The molecule has 2 heterocycles. The van der Waals surface area contributed by atoms with Gasteiger partial charge in [0.15, 0.2) is 0 Å². The fourth-order valence-electron chi connectivity index (χ4n) is 1.74. The lowest BCUT2D eigenvalue weighted by Gasteiger charge is -2.21. The van der Waals surface area contributed by atoms with E-state index in [-0.39, 0.29) is 24.4 Å². The van der Waals surface area contributed by atoms with Crippen LogP contribution in [0.5, 0.6) is 0 Å². The molecule has 0 unspecified atom stereocenters. The van der Waals surface area contributed by atoms with Gasteiger partial charge in [0.05, 0.1) is 6.04 Å². The molecule has 19 heavy (non-hydrogen) atoms. The summed E-state index contributed by atoms with van der Waals surface area (Å²) in [5.41, 5.74) is 0. The van der Waals surface area contributed by atoms with E-state index in [4.69, 9.17) is 0 Å². The molecule has 2 rings (SSSR count). The number of nitrogens with zero attached hydrogens (tertiary/aromatic N) is 7. The summed E-state index contributed by atoms with van der Waals surface area (Å²) in [6.45, 7) is 4.10. The second kappa shape index (κ2) is 5.55. The Morgan fingerprint density at radius 2 is 2.26 bits per heavy atom. The Kier molecular flexibility index (Phi) is 3.83. The number of nitrogens with one attached hydrogen (secondary N) is 1. The maximum atomic E-state index is 11.9. The fourth-order valence-corrected chi connectivity index (χ4v) is 1.74. The average molecular weight is 264 g/mol. The third kappa shape index (κ3) is 3.12. The summed E-state index contributed by atoms with van der Waals surface area (Å²) in [5.74, 6) is 0.745. The van der Waals surface area contributed by atoms with Gasteiger partial charge < -0.3 is 5.32 Å². The number of carbonyl (C=O) groups excluding carboxylic acids is 1. The zero-order valence-electron chi connectivity index (χ0n) is 11.1. The number of hydrogen-bond donors (Lipinski definition) is 1. The zero-order chi connectivity index (χ0) is 13.8. The topological polar surface area (TPSA) is 103 Å². The van der Waals surface area contributed by atoms with Crippen molar-refractivity contribution in [2.45, 2.75) is 26.4 Å². The largest absolute Gasteiger partial charge is 0.344 e. The smallest absolute Gasteiger partial charge is 0.242 e. The zero-order valence-corrected chi connectivity index (χ0v) is 11.1. The monoisotopic (exact) mass is 264 g/mol. The first-order valence-corrected chi connectivity index (χ1v) is 5.92. The highest BCUT2D eigenvalue weighted by molar-refractivity contribution is 5.76. The Morgan fingerprint density at radius 1 is 1.47 bits per heavy atom. The lowest BCUT2D eigenvalue weighted by atomic mass is 10.0. The number of carbonyl (C=O) groups is 1. The predicted molar refractivity (Wildman–Crippen MR) is 64.5 cm³/mol. The Labute approximate surface area is 110 Å². The molecule has 0 spiro atoms. The van der Waals surface area contributed by atoms with Gasteiger partial charge in [-0.1, -0.05) is 13.8 Å². The standard InChI is InChI=1S/C10H16N8O/c1-7(2)9(10-11-5-13-17(10)3)14-8(19)4-18-6-12-15-16-18/h5-7,9H,4H2,1-3H3,(H,14,19)/t9-/m0/s1. The van der Waals surface area contributed by atoms with Gasteiger partial charge in [0.2, 0.25) is 5.91 Å². The van der Waals surface area contributed by atoms with Crippen LogP contribution < -0.4 is 5.32 Å². The highest BCUT2D eigenvalue weighted by Crippen LogP contribution is 2.18. The lowest BCUT2D eigenvalue weighted by Crippen LogP contribution is -2.35. The van der Waals surface area contributed by atoms with E-state index < -0.39 is 0 Å². The van der Waals surface area contributed by atoms with E-state index in [9.17, 15) is 4.79 Å². The van der Waals surface area contributed by atoms with Crippen LogP contribution in [0, 0.1) is 5.92 Å². The van der Waals surface area contributed by atoms with Crippen LogP contribution in [0.3, 0.4) is 0 Å². The van der Waals surface area contributed by atoms with E-state index in [0.29, 0.717) is 0 Å². The van der Waals surface area contributed by atoms with Crippen LogP contribution in [-0.2, 0) is 18.4 Å². The SMILES string of the molecule is CC(C)[C@H](NC(=O)Cn1cnnn1)c1ncnn1C. The van der Waals surface area contributed by atoms with Crippen molar-refractivity contribution in [2.24, 2.45) is 13.0 Å². The molecule has 2 aromatic rings. The van der Waals surface area contributed by atoms with Crippen molar-refractivity contribution in [1.29, 1.82) is 0 Å². The van der Waals surface area contributed by atoms with E-state index in [0.717, 1.165) is 5.82 Å². The number of tetrazole rings is 1. The van der Waals surface area contributed by atoms with Crippen LogP contribution in [0.25, 0.3) is 0 Å². The van der Waals surface area contributed by atoms with Crippen molar-refractivity contribution in [2.75, 3.05) is 0 Å². The van der Waals surface area contributed by atoms with Crippen molar-refractivity contribution < 1.29 is 4.79 Å². The van der Waals surface area contributed by atoms with Gasteiger partial charge in [-0.3, -0.25) is 9.48 Å². The molecular weight excluding hydrogens is 248 g/mol. The molecular formula is C10H16N8O. The highest BCUT2D eigenvalue weighted by Gasteiger charge is 2.22. The summed E-state index contributed by atoms with van der Waals surface area (Å²) in [7, 11) is 1.80. The molecule has 0 radical (unpaired) electrons. The van der Waals surface area contributed by atoms with Crippen molar-refractivity contribution in [1.82, 2.24) is 40.3 Å². The summed E-state index contributed by atoms with van der Waals surface area (Å²) in [4.78, 5) is 16.1. The Morgan fingerprint density at radius 3 is 2.79 bits per heavy atom. The molecule has 0 aliphatic rings. The van der Waals surface area contributed by atoms with Crippen LogP contribution in [0.2, 0.25) is 0 Å². The Balaban J connectivity index is 2.05. The van der Waals surface area contributed by atoms with Gasteiger partial charge in [0.1, 0.15) is 25.0 Å². The number of amides is 1. The molecule has 2 aromatic heterocycles. The molecule has 9 nitrogen and oxygen atoms in total. The molecule has 0 saturated heterocycles. The molecule has 1 amide bonds.